The van der Waals surface area contributed by atoms with Crippen molar-refractivity contribution in [2.45, 2.75) is 12.1 Å². The van der Waals surface area contributed by atoms with E-state index in [-0.39, 0.29) is 18.1 Å². The predicted molar refractivity (Wildman–Crippen MR) is 96.2 cm³/mol. The first-order valence-corrected chi connectivity index (χ1v) is 8.56. The van der Waals surface area contributed by atoms with Crippen LogP contribution in [0.2, 0.25) is 5.02 Å². The fraction of sp³-hybridized carbons (Fsp3) is 0.412. The standard InChI is InChI=1S/C17H19ClN2O3S/c1-2-17(21)20-3-4-22-9-14(20)11-5-12(7-13(18)6-11)15-8-19-16(24)10-23-15/h2,5-7,14-15H,1,3-4,8-10H2,(H,19,24)/t14-,15-/m0/s1. The summed E-state index contributed by atoms with van der Waals surface area (Å²) in [5.74, 6) is -0.106. The van der Waals surface area contributed by atoms with Gasteiger partial charge in [-0.2, -0.15) is 0 Å². The van der Waals surface area contributed by atoms with Gasteiger partial charge < -0.3 is 19.7 Å². The molecule has 0 saturated carbocycles. The van der Waals surface area contributed by atoms with Crippen LogP contribution in [0.5, 0.6) is 0 Å². The number of nitrogens with zero attached hydrogens (tertiary/aromatic N) is 1. The van der Waals surface area contributed by atoms with Gasteiger partial charge in [-0.05, 0) is 29.3 Å². The Labute approximate surface area is 151 Å². The van der Waals surface area contributed by atoms with Gasteiger partial charge in [0.1, 0.15) is 11.1 Å². The maximum atomic E-state index is 12.1. The Kier molecular flexibility index (Phi) is 5.50. The van der Waals surface area contributed by atoms with Crippen molar-refractivity contribution in [3.8, 4) is 0 Å². The van der Waals surface area contributed by atoms with E-state index < -0.39 is 0 Å². The number of benzene rings is 1. The van der Waals surface area contributed by atoms with Gasteiger partial charge in [0.25, 0.3) is 0 Å². The molecule has 5 nitrogen and oxygen atoms in total. The van der Waals surface area contributed by atoms with Crippen LogP contribution in [0.4, 0.5) is 0 Å². The summed E-state index contributed by atoms with van der Waals surface area (Å²) in [6, 6.07) is 5.60. The van der Waals surface area contributed by atoms with Crippen LogP contribution < -0.4 is 5.32 Å². The molecule has 2 fully saturated rings. The van der Waals surface area contributed by atoms with E-state index in [0.29, 0.717) is 42.9 Å². The maximum Gasteiger partial charge on any atom is 0.246 e. The number of amides is 1. The minimum absolute atomic E-state index is 0.106. The van der Waals surface area contributed by atoms with Crippen LogP contribution in [0.1, 0.15) is 23.3 Å². The molecule has 0 radical (unpaired) electrons. The molecule has 3 rings (SSSR count). The maximum absolute atomic E-state index is 12.1. The summed E-state index contributed by atoms with van der Waals surface area (Å²) in [4.78, 5) is 14.6. The number of carbonyl (C=O) groups is 1. The van der Waals surface area contributed by atoms with E-state index in [2.05, 4.69) is 11.9 Å². The summed E-state index contributed by atoms with van der Waals surface area (Å²) in [6.45, 7) is 6.08. The lowest BCUT2D eigenvalue weighted by atomic mass is 9.99. The Morgan fingerprint density at radius 1 is 1.42 bits per heavy atom. The molecule has 1 amide bonds. The molecule has 1 N–H and O–H groups in total. The third-order valence-corrected chi connectivity index (χ3v) is 4.67. The Morgan fingerprint density at radius 3 is 2.92 bits per heavy atom. The summed E-state index contributed by atoms with van der Waals surface area (Å²) in [6.07, 6.45) is 1.21. The number of hydrogen-bond donors (Lipinski definition) is 1. The van der Waals surface area contributed by atoms with Crippen LogP contribution in [-0.4, -0.2) is 48.7 Å². The average Bonchev–Trinajstić information content (AvgIpc) is 2.61. The minimum Gasteiger partial charge on any atom is -0.377 e. The van der Waals surface area contributed by atoms with Gasteiger partial charge in [0.15, 0.2) is 0 Å². The van der Waals surface area contributed by atoms with Crippen molar-refractivity contribution >= 4 is 34.7 Å². The summed E-state index contributed by atoms with van der Waals surface area (Å²) >= 11 is 11.4. The average molecular weight is 367 g/mol. The zero-order valence-electron chi connectivity index (χ0n) is 13.2. The van der Waals surface area contributed by atoms with E-state index in [1.54, 1.807) is 4.90 Å². The second kappa shape index (κ2) is 7.61. The normalized spacial score (nSPS) is 24.4. The van der Waals surface area contributed by atoms with Gasteiger partial charge in [-0.1, -0.05) is 36.5 Å². The Bertz CT molecular complexity index is 657. The molecule has 128 valence electrons. The van der Waals surface area contributed by atoms with E-state index in [1.807, 2.05) is 18.2 Å². The number of rotatable bonds is 3. The smallest absolute Gasteiger partial charge is 0.246 e. The molecule has 1 aromatic carbocycles. The molecule has 2 aliphatic heterocycles. The highest BCUT2D eigenvalue weighted by atomic mass is 35.5. The Balaban J connectivity index is 1.88. The number of hydrogen-bond acceptors (Lipinski definition) is 4. The van der Waals surface area contributed by atoms with Crippen LogP contribution >= 0.6 is 23.8 Å². The van der Waals surface area contributed by atoms with E-state index >= 15 is 0 Å². The van der Waals surface area contributed by atoms with E-state index in [4.69, 9.17) is 33.3 Å². The van der Waals surface area contributed by atoms with Gasteiger partial charge in [0.2, 0.25) is 5.91 Å². The molecule has 0 unspecified atom stereocenters. The number of nitrogens with one attached hydrogen (secondary N) is 1. The third kappa shape index (κ3) is 3.78. The van der Waals surface area contributed by atoms with Gasteiger partial charge in [0, 0.05) is 18.1 Å². The van der Waals surface area contributed by atoms with Crippen molar-refractivity contribution in [2.75, 3.05) is 32.9 Å². The van der Waals surface area contributed by atoms with E-state index in [9.17, 15) is 4.79 Å². The van der Waals surface area contributed by atoms with Gasteiger partial charge >= 0.3 is 0 Å². The summed E-state index contributed by atoms with van der Waals surface area (Å²) < 4.78 is 11.3. The third-order valence-electron chi connectivity index (χ3n) is 4.19. The van der Waals surface area contributed by atoms with Crippen LogP contribution in [0.3, 0.4) is 0 Å². The van der Waals surface area contributed by atoms with Crippen molar-refractivity contribution in [1.29, 1.82) is 0 Å². The van der Waals surface area contributed by atoms with Gasteiger partial charge in [-0.3, -0.25) is 4.79 Å². The van der Waals surface area contributed by atoms with Gasteiger partial charge in [-0.15, -0.1) is 0 Å². The monoisotopic (exact) mass is 366 g/mol. The molecular formula is C17H19ClN2O3S. The molecule has 7 heteroatoms. The largest absolute Gasteiger partial charge is 0.377 e. The van der Waals surface area contributed by atoms with E-state index in [0.717, 1.165) is 11.1 Å². The zero-order chi connectivity index (χ0) is 17.1. The number of thiocarbonyl (C=S) groups is 1. The second-order valence-electron chi connectivity index (χ2n) is 5.75. The number of carbonyl (C=O) groups excluding carboxylic acids is 1. The number of halogens is 1. The lowest BCUT2D eigenvalue weighted by molar-refractivity contribution is -0.134. The minimum atomic E-state index is -0.181. The highest BCUT2D eigenvalue weighted by Crippen LogP contribution is 2.31. The molecule has 2 atom stereocenters. The first kappa shape index (κ1) is 17.4. The van der Waals surface area contributed by atoms with Crippen LogP contribution in [-0.2, 0) is 14.3 Å². The summed E-state index contributed by atoms with van der Waals surface area (Å²) in [5, 5.41) is 3.75. The molecule has 2 heterocycles. The predicted octanol–water partition coefficient (Wildman–Crippen LogP) is 2.41. The first-order chi connectivity index (χ1) is 11.6. The highest BCUT2D eigenvalue weighted by Gasteiger charge is 2.29. The van der Waals surface area contributed by atoms with Crippen LogP contribution in [0.25, 0.3) is 0 Å². The van der Waals surface area contributed by atoms with Crippen molar-refractivity contribution in [2.24, 2.45) is 0 Å². The van der Waals surface area contributed by atoms with Crippen LogP contribution in [0, 0.1) is 0 Å². The molecular weight excluding hydrogens is 348 g/mol. The second-order valence-corrected chi connectivity index (χ2v) is 6.68. The molecule has 24 heavy (non-hydrogen) atoms. The lowest BCUT2D eigenvalue weighted by Gasteiger charge is -2.36. The number of morpholine rings is 2. The fourth-order valence-corrected chi connectivity index (χ4v) is 3.39. The fourth-order valence-electron chi connectivity index (χ4n) is 2.98. The molecule has 0 aliphatic carbocycles. The molecule has 2 saturated heterocycles. The number of ether oxygens (including phenoxy) is 2. The molecule has 1 aromatic rings. The molecule has 0 aromatic heterocycles. The van der Waals surface area contributed by atoms with Crippen LogP contribution in [0.15, 0.2) is 30.9 Å². The molecule has 0 bridgehead atoms. The molecule has 2 aliphatic rings. The van der Waals surface area contributed by atoms with Gasteiger partial charge in [0.05, 0.1) is 25.9 Å². The quantitative estimate of drug-likeness (QED) is 0.657. The lowest BCUT2D eigenvalue weighted by Crippen LogP contribution is -2.42. The highest BCUT2D eigenvalue weighted by molar-refractivity contribution is 7.80. The van der Waals surface area contributed by atoms with Crippen molar-refractivity contribution in [3.05, 3.63) is 47.0 Å². The topological polar surface area (TPSA) is 50.8 Å². The zero-order valence-corrected chi connectivity index (χ0v) is 14.7. The van der Waals surface area contributed by atoms with Crippen molar-refractivity contribution in [3.63, 3.8) is 0 Å². The Morgan fingerprint density at radius 2 is 2.21 bits per heavy atom. The summed E-state index contributed by atoms with van der Waals surface area (Å²) in [5.41, 5.74) is 1.90. The summed E-state index contributed by atoms with van der Waals surface area (Å²) in [7, 11) is 0. The molecule has 0 spiro atoms. The SMILES string of the molecule is C=CC(=O)N1CCOC[C@H]1c1cc(Cl)cc([C@@H]2CNC(=S)CO2)c1. The van der Waals surface area contributed by atoms with E-state index in [1.165, 1.54) is 6.08 Å². The Hall–Kier alpha value is -1.47. The van der Waals surface area contributed by atoms with Crippen molar-refractivity contribution < 1.29 is 14.3 Å². The first-order valence-electron chi connectivity index (χ1n) is 7.78. The van der Waals surface area contributed by atoms with Gasteiger partial charge in [-0.25, -0.2) is 0 Å². The van der Waals surface area contributed by atoms with Crippen molar-refractivity contribution in [1.82, 2.24) is 10.2 Å².